The van der Waals surface area contributed by atoms with Crippen molar-refractivity contribution in [1.29, 1.82) is 0 Å². The number of aryl methyl sites for hydroxylation is 2. The van der Waals surface area contributed by atoms with Crippen LogP contribution in [0, 0.1) is 27.7 Å². The van der Waals surface area contributed by atoms with Gasteiger partial charge in [-0.2, -0.15) is 0 Å². The van der Waals surface area contributed by atoms with Gasteiger partial charge in [0.15, 0.2) is 5.76 Å². The molecule has 2 aromatic rings. The number of hydrogen-bond acceptors (Lipinski definition) is 3. The monoisotopic (exact) mass is 368 g/mol. The summed E-state index contributed by atoms with van der Waals surface area (Å²) in [4.78, 5) is 29.1. The van der Waals surface area contributed by atoms with Crippen LogP contribution in [-0.4, -0.2) is 47.8 Å². The highest BCUT2D eigenvalue weighted by Gasteiger charge is 2.24. The van der Waals surface area contributed by atoms with Crippen LogP contribution in [-0.2, 0) is 11.2 Å². The van der Waals surface area contributed by atoms with E-state index in [0.717, 1.165) is 12.0 Å². The minimum atomic E-state index is -0.102. The Balaban J connectivity index is 1.68. The predicted molar refractivity (Wildman–Crippen MR) is 105 cm³/mol. The van der Waals surface area contributed by atoms with Crippen LogP contribution >= 0.6 is 0 Å². The molecule has 5 heteroatoms. The molecule has 27 heavy (non-hydrogen) atoms. The van der Waals surface area contributed by atoms with Crippen molar-refractivity contribution in [2.75, 3.05) is 26.2 Å². The molecule has 0 saturated carbocycles. The van der Waals surface area contributed by atoms with Crippen molar-refractivity contribution in [3.05, 3.63) is 58.0 Å². The summed E-state index contributed by atoms with van der Waals surface area (Å²) in [5, 5.41) is 0. The first-order chi connectivity index (χ1) is 12.9. The fraction of sp³-hybridized carbons (Fsp3) is 0.455. The largest absolute Gasteiger partial charge is 0.459 e. The van der Waals surface area contributed by atoms with Gasteiger partial charge >= 0.3 is 0 Å². The van der Waals surface area contributed by atoms with Gasteiger partial charge in [-0.3, -0.25) is 9.59 Å². The van der Waals surface area contributed by atoms with Crippen molar-refractivity contribution >= 4 is 11.8 Å². The van der Waals surface area contributed by atoms with Gasteiger partial charge in [-0.25, -0.2) is 0 Å². The summed E-state index contributed by atoms with van der Waals surface area (Å²) < 4.78 is 5.22. The lowest BCUT2D eigenvalue weighted by Gasteiger charge is -2.23. The van der Waals surface area contributed by atoms with Crippen molar-refractivity contribution in [3.8, 4) is 0 Å². The normalized spacial score (nSPS) is 15.0. The third kappa shape index (κ3) is 4.07. The number of carbonyl (C=O) groups is 2. The van der Waals surface area contributed by atoms with Gasteiger partial charge in [0.2, 0.25) is 5.91 Å². The second kappa shape index (κ2) is 7.99. The summed E-state index contributed by atoms with van der Waals surface area (Å²) in [6, 6.07) is 5.58. The van der Waals surface area contributed by atoms with Crippen molar-refractivity contribution in [2.45, 2.75) is 40.5 Å². The summed E-state index contributed by atoms with van der Waals surface area (Å²) in [6.45, 7) is 10.8. The second-order valence-electron chi connectivity index (χ2n) is 7.42. The Morgan fingerprint density at radius 1 is 0.963 bits per heavy atom. The van der Waals surface area contributed by atoms with Gasteiger partial charge in [-0.15, -0.1) is 0 Å². The zero-order chi connectivity index (χ0) is 19.6. The number of rotatable bonds is 3. The van der Waals surface area contributed by atoms with Crippen molar-refractivity contribution in [3.63, 3.8) is 0 Å². The summed E-state index contributed by atoms with van der Waals surface area (Å²) in [5.41, 5.74) is 6.01. The molecule has 1 aromatic carbocycles. The summed E-state index contributed by atoms with van der Waals surface area (Å²) in [7, 11) is 0. The van der Waals surface area contributed by atoms with Crippen LogP contribution in [0.1, 0.15) is 44.8 Å². The average molecular weight is 368 g/mol. The first-order valence-electron chi connectivity index (χ1n) is 9.55. The van der Waals surface area contributed by atoms with Gasteiger partial charge in [0.25, 0.3) is 5.91 Å². The Bertz CT molecular complexity index is 813. The maximum Gasteiger partial charge on any atom is 0.289 e. The second-order valence-corrected chi connectivity index (χ2v) is 7.42. The summed E-state index contributed by atoms with van der Waals surface area (Å²) >= 11 is 0. The standard InChI is InChI=1S/C22H28N2O3/c1-15-13-16(2)18(4)19(17(15)3)14-21(25)23-8-6-9-24(11-10-23)22(26)20-7-5-12-27-20/h5,7,12-13H,6,8-11,14H2,1-4H3. The zero-order valence-corrected chi connectivity index (χ0v) is 16.7. The van der Waals surface area contributed by atoms with Crippen molar-refractivity contribution < 1.29 is 14.0 Å². The fourth-order valence-electron chi connectivity index (χ4n) is 3.75. The smallest absolute Gasteiger partial charge is 0.289 e. The van der Waals surface area contributed by atoms with Gasteiger partial charge in [0.05, 0.1) is 12.7 Å². The van der Waals surface area contributed by atoms with Crippen LogP contribution in [0.3, 0.4) is 0 Å². The molecule has 2 amide bonds. The fourth-order valence-corrected chi connectivity index (χ4v) is 3.75. The van der Waals surface area contributed by atoms with E-state index in [1.807, 2.05) is 4.90 Å². The minimum Gasteiger partial charge on any atom is -0.459 e. The SMILES string of the molecule is Cc1cc(C)c(C)c(CC(=O)N2CCCN(C(=O)c3ccco3)CC2)c1C. The first kappa shape index (κ1) is 19.2. The molecule has 1 fully saturated rings. The maximum atomic E-state index is 13.0. The van der Waals surface area contributed by atoms with Gasteiger partial charge in [-0.05, 0) is 74.1 Å². The van der Waals surface area contributed by atoms with Gasteiger partial charge in [0, 0.05) is 26.2 Å². The lowest BCUT2D eigenvalue weighted by molar-refractivity contribution is -0.130. The molecule has 0 atom stereocenters. The van der Waals surface area contributed by atoms with Crippen LogP contribution < -0.4 is 0 Å². The van der Waals surface area contributed by atoms with Crippen LogP contribution in [0.15, 0.2) is 28.9 Å². The van der Waals surface area contributed by atoms with Crippen LogP contribution in [0.2, 0.25) is 0 Å². The number of hydrogen-bond donors (Lipinski definition) is 0. The number of amides is 2. The third-order valence-corrected chi connectivity index (χ3v) is 5.72. The topological polar surface area (TPSA) is 53.8 Å². The third-order valence-electron chi connectivity index (χ3n) is 5.72. The molecule has 1 aliphatic rings. The minimum absolute atomic E-state index is 0.102. The highest BCUT2D eigenvalue weighted by Crippen LogP contribution is 2.23. The molecule has 3 rings (SSSR count). The Hall–Kier alpha value is -2.56. The first-order valence-corrected chi connectivity index (χ1v) is 9.55. The van der Waals surface area contributed by atoms with Crippen LogP contribution in [0.25, 0.3) is 0 Å². The predicted octanol–water partition coefficient (Wildman–Crippen LogP) is 3.43. The highest BCUT2D eigenvalue weighted by molar-refractivity contribution is 5.91. The molecule has 0 aliphatic carbocycles. The van der Waals surface area contributed by atoms with Gasteiger partial charge in [-0.1, -0.05) is 6.07 Å². The van der Waals surface area contributed by atoms with Gasteiger partial charge < -0.3 is 14.2 Å². The molecular formula is C22H28N2O3. The lowest BCUT2D eigenvalue weighted by atomic mass is 9.92. The molecule has 0 unspecified atom stereocenters. The Kier molecular flexibility index (Phi) is 5.68. The lowest BCUT2D eigenvalue weighted by Crippen LogP contribution is -2.38. The molecule has 1 aromatic heterocycles. The molecule has 1 saturated heterocycles. The Labute approximate surface area is 160 Å². The van der Waals surface area contributed by atoms with E-state index in [1.54, 1.807) is 17.0 Å². The molecule has 0 N–H and O–H groups in total. The van der Waals surface area contributed by atoms with E-state index in [0.29, 0.717) is 38.4 Å². The number of nitrogens with zero attached hydrogens (tertiary/aromatic N) is 2. The molecule has 2 heterocycles. The summed E-state index contributed by atoms with van der Waals surface area (Å²) in [5.74, 6) is 0.394. The number of benzene rings is 1. The quantitative estimate of drug-likeness (QED) is 0.834. The number of furan rings is 1. The van der Waals surface area contributed by atoms with E-state index in [9.17, 15) is 9.59 Å². The van der Waals surface area contributed by atoms with Gasteiger partial charge in [0.1, 0.15) is 0 Å². The van der Waals surface area contributed by atoms with E-state index in [1.165, 1.54) is 28.5 Å². The molecular weight excluding hydrogens is 340 g/mol. The number of carbonyl (C=O) groups excluding carboxylic acids is 2. The Morgan fingerprint density at radius 2 is 1.59 bits per heavy atom. The molecule has 0 radical (unpaired) electrons. The molecule has 0 bridgehead atoms. The summed E-state index contributed by atoms with van der Waals surface area (Å²) in [6.07, 6.45) is 2.71. The van der Waals surface area contributed by atoms with E-state index in [2.05, 4.69) is 33.8 Å². The zero-order valence-electron chi connectivity index (χ0n) is 16.7. The van der Waals surface area contributed by atoms with Crippen LogP contribution in [0.5, 0.6) is 0 Å². The van der Waals surface area contributed by atoms with E-state index in [4.69, 9.17) is 4.42 Å². The van der Waals surface area contributed by atoms with Crippen molar-refractivity contribution in [2.24, 2.45) is 0 Å². The van der Waals surface area contributed by atoms with Crippen LogP contribution in [0.4, 0.5) is 0 Å². The Morgan fingerprint density at radius 3 is 2.22 bits per heavy atom. The molecule has 144 valence electrons. The maximum absolute atomic E-state index is 13.0. The molecule has 5 nitrogen and oxygen atoms in total. The molecule has 1 aliphatic heterocycles. The van der Waals surface area contributed by atoms with Crippen molar-refractivity contribution in [1.82, 2.24) is 9.80 Å². The van der Waals surface area contributed by atoms with E-state index in [-0.39, 0.29) is 11.8 Å². The highest BCUT2D eigenvalue weighted by atomic mass is 16.3. The average Bonchev–Trinajstić information content (AvgIpc) is 3.07. The van der Waals surface area contributed by atoms with E-state index < -0.39 is 0 Å². The van der Waals surface area contributed by atoms with E-state index >= 15 is 0 Å². The molecule has 0 spiro atoms.